The fraction of sp³-hybridized carbons (Fsp3) is 0.556. The van der Waals surface area contributed by atoms with Gasteiger partial charge in [0.05, 0.1) is 5.56 Å². The van der Waals surface area contributed by atoms with E-state index in [-0.39, 0.29) is 29.7 Å². The molecule has 0 aromatic heterocycles. The molecule has 138 valence electrons. The van der Waals surface area contributed by atoms with Crippen LogP contribution in [0.15, 0.2) is 24.3 Å². The summed E-state index contributed by atoms with van der Waals surface area (Å²) < 4.78 is 37.6. The lowest BCUT2D eigenvalue weighted by Gasteiger charge is -2.27. The van der Waals surface area contributed by atoms with E-state index >= 15 is 0 Å². The maximum absolute atomic E-state index is 12.5. The molecule has 0 spiro atoms. The van der Waals surface area contributed by atoms with E-state index in [0.29, 0.717) is 31.4 Å². The molecule has 2 N–H and O–H groups in total. The van der Waals surface area contributed by atoms with Crippen molar-refractivity contribution in [2.45, 2.75) is 51.7 Å². The molecule has 1 fully saturated rings. The first-order chi connectivity index (χ1) is 11.7. The number of carbonyl (C=O) groups is 2. The van der Waals surface area contributed by atoms with E-state index in [1.807, 2.05) is 13.8 Å². The van der Waals surface area contributed by atoms with Gasteiger partial charge in [0.2, 0.25) is 11.8 Å². The number of anilines is 1. The summed E-state index contributed by atoms with van der Waals surface area (Å²) in [6, 6.07) is 4.49. The van der Waals surface area contributed by atoms with Crippen molar-refractivity contribution in [3.63, 3.8) is 0 Å². The predicted octanol–water partition coefficient (Wildman–Crippen LogP) is 3.97. The molecule has 2 rings (SSSR count). The second-order valence-electron chi connectivity index (χ2n) is 6.78. The van der Waals surface area contributed by atoms with Gasteiger partial charge in [-0.05, 0) is 63.8 Å². The first-order valence-corrected chi connectivity index (χ1v) is 8.45. The van der Waals surface area contributed by atoms with E-state index in [9.17, 15) is 22.8 Å². The summed E-state index contributed by atoms with van der Waals surface area (Å²) in [6.07, 6.45) is -1.91. The number of nitrogens with one attached hydrogen (secondary N) is 2. The standard InChI is InChI=1S/C18H23F3N2O2/c1-11(2)22-16(24)12-3-5-13(6-4-12)17(25)23-15-9-7-14(8-10-15)18(19,20)21/h7-13H,3-6H2,1-2H3,(H,22,24)(H,23,25). The Balaban J connectivity index is 1.85. The zero-order chi connectivity index (χ0) is 18.6. The molecule has 0 saturated heterocycles. The van der Waals surface area contributed by atoms with Gasteiger partial charge in [-0.3, -0.25) is 9.59 Å². The van der Waals surface area contributed by atoms with Crippen LogP contribution >= 0.6 is 0 Å². The Labute approximate surface area is 145 Å². The van der Waals surface area contributed by atoms with Crippen molar-refractivity contribution < 1.29 is 22.8 Å². The van der Waals surface area contributed by atoms with Crippen LogP contribution in [0.5, 0.6) is 0 Å². The molecule has 0 heterocycles. The number of benzene rings is 1. The Kier molecular flexibility index (Phi) is 6.08. The second-order valence-corrected chi connectivity index (χ2v) is 6.78. The summed E-state index contributed by atoms with van der Waals surface area (Å²) in [6.45, 7) is 3.81. The molecule has 4 nitrogen and oxygen atoms in total. The van der Waals surface area contributed by atoms with Crippen LogP contribution in [0, 0.1) is 11.8 Å². The molecule has 7 heteroatoms. The van der Waals surface area contributed by atoms with Crippen molar-refractivity contribution in [3.05, 3.63) is 29.8 Å². The number of amides is 2. The van der Waals surface area contributed by atoms with Gasteiger partial charge in [0.25, 0.3) is 0 Å². The second kappa shape index (κ2) is 7.89. The molecule has 2 amide bonds. The summed E-state index contributed by atoms with van der Waals surface area (Å²) in [5, 5.41) is 5.54. The average molecular weight is 356 g/mol. The fourth-order valence-corrected chi connectivity index (χ4v) is 3.01. The number of hydrogen-bond acceptors (Lipinski definition) is 2. The van der Waals surface area contributed by atoms with E-state index in [4.69, 9.17) is 0 Å². The van der Waals surface area contributed by atoms with E-state index in [2.05, 4.69) is 10.6 Å². The van der Waals surface area contributed by atoms with Crippen molar-refractivity contribution in [2.75, 3.05) is 5.32 Å². The molecule has 1 aromatic rings. The summed E-state index contributed by atoms with van der Waals surface area (Å²) in [4.78, 5) is 24.3. The van der Waals surface area contributed by atoms with E-state index in [1.165, 1.54) is 12.1 Å². The van der Waals surface area contributed by atoms with Gasteiger partial charge in [-0.2, -0.15) is 13.2 Å². The maximum atomic E-state index is 12.5. The molecule has 1 aromatic carbocycles. The number of alkyl halides is 3. The van der Waals surface area contributed by atoms with Crippen LogP contribution in [-0.2, 0) is 15.8 Å². The maximum Gasteiger partial charge on any atom is 0.416 e. The number of rotatable bonds is 4. The lowest BCUT2D eigenvalue weighted by atomic mass is 9.81. The normalized spacial score (nSPS) is 21.0. The minimum Gasteiger partial charge on any atom is -0.354 e. The highest BCUT2D eigenvalue weighted by molar-refractivity contribution is 5.92. The third-order valence-corrected chi connectivity index (χ3v) is 4.38. The zero-order valence-corrected chi connectivity index (χ0v) is 14.3. The van der Waals surface area contributed by atoms with Crippen molar-refractivity contribution >= 4 is 17.5 Å². The van der Waals surface area contributed by atoms with Gasteiger partial charge in [-0.1, -0.05) is 0 Å². The summed E-state index contributed by atoms with van der Waals surface area (Å²) in [7, 11) is 0. The Bertz CT molecular complexity index is 604. The number of carbonyl (C=O) groups excluding carboxylic acids is 2. The molecule has 1 aliphatic carbocycles. The summed E-state index contributed by atoms with van der Waals surface area (Å²) in [5.74, 6) is -0.470. The molecular formula is C18H23F3N2O2. The molecule has 1 saturated carbocycles. The van der Waals surface area contributed by atoms with Crippen LogP contribution in [0.1, 0.15) is 45.1 Å². The fourth-order valence-electron chi connectivity index (χ4n) is 3.01. The number of hydrogen-bond donors (Lipinski definition) is 2. The van der Waals surface area contributed by atoms with Crippen LogP contribution in [0.2, 0.25) is 0 Å². The van der Waals surface area contributed by atoms with Gasteiger partial charge in [-0.25, -0.2) is 0 Å². The lowest BCUT2D eigenvalue weighted by molar-refractivity contribution is -0.137. The first-order valence-electron chi connectivity index (χ1n) is 8.45. The average Bonchev–Trinajstić information content (AvgIpc) is 2.54. The van der Waals surface area contributed by atoms with Gasteiger partial charge >= 0.3 is 6.18 Å². The number of halogens is 3. The predicted molar refractivity (Wildman–Crippen MR) is 88.8 cm³/mol. The Hall–Kier alpha value is -2.05. The van der Waals surface area contributed by atoms with Gasteiger partial charge in [0, 0.05) is 23.6 Å². The lowest BCUT2D eigenvalue weighted by Crippen LogP contribution is -2.38. The molecule has 0 bridgehead atoms. The van der Waals surface area contributed by atoms with E-state index < -0.39 is 11.7 Å². The minimum atomic E-state index is -4.39. The molecule has 1 aliphatic rings. The SMILES string of the molecule is CC(C)NC(=O)C1CCC(C(=O)Nc2ccc(C(F)(F)F)cc2)CC1. The molecular weight excluding hydrogens is 333 g/mol. The smallest absolute Gasteiger partial charge is 0.354 e. The van der Waals surface area contributed by atoms with Crippen LogP contribution in [0.4, 0.5) is 18.9 Å². The minimum absolute atomic E-state index is 0.0246. The summed E-state index contributed by atoms with van der Waals surface area (Å²) in [5.41, 5.74) is -0.403. The molecule has 25 heavy (non-hydrogen) atoms. The monoisotopic (exact) mass is 356 g/mol. The Morgan fingerprint density at radius 1 is 0.960 bits per heavy atom. The largest absolute Gasteiger partial charge is 0.416 e. The summed E-state index contributed by atoms with van der Waals surface area (Å²) >= 11 is 0. The van der Waals surface area contributed by atoms with Gasteiger partial charge in [0.1, 0.15) is 0 Å². The highest BCUT2D eigenvalue weighted by Crippen LogP contribution is 2.31. The van der Waals surface area contributed by atoms with Gasteiger partial charge in [0.15, 0.2) is 0 Å². The Morgan fingerprint density at radius 3 is 1.88 bits per heavy atom. The third-order valence-electron chi connectivity index (χ3n) is 4.38. The van der Waals surface area contributed by atoms with E-state index in [1.54, 1.807) is 0 Å². The van der Waals surface area contributed by atoms with Gasteiger partial charge < -0.3 is 10.6 Å². The molecule has 0 unspecified atom stereocenters. The Morgan fingerprint density at radius 2 is 1.44 bits per heavy atom. The van der Waals surface area contributed by atoms with Gasteiger partial charge in [-0.15, -0.1) is 0 Å². The highest BCUT2D eigenvalue weighted by atomic mass is 19.4. The highest BCUT2D eigenvalue weighted by Gasteiger charge is 2.31. The quantitative estimate of drug-likeness (QED) is 0.857. The molecule has 0 aliphatic heterocycles. The zero-order valence-electron chi connectivity index (χ0n) is 14.3. The van der Waals surface area contributed by atoms with Crippen LogP contribution in [-0.4, -0.2) is 17.9 Å². The molecule has 0 radical (unpaired) electrons. The van der Waals surface area contributed by atoms with E-state index in [0.717, 1.165) is 12.1 Å². The topological polar surface area (TPSA) is 58.2 Å². The van der Waals surface area contributed by atoms with Crippen LogP contribution < -0.4 is 10.6 Å². The van der Waals surface area contributed by atoms with Crippen molar-refractivity contribution in [2.24, 2.45) is 11.8 Å². The van der Waals surface area contributed by atoms with Crippen molar-refractivity contribution in [1.29, 1.82) is 0 Å². The first kappa shape index (κ1) is 19.3. The van der Waals surface area contributed by atoms with Crippen LogP contribution in [0.3, 0.4) is 0 Å². The molecule has 0 atom stereocenters. The van der Waals surface area contributed by atoms with Crippen molar-refractivity contribution in [3.8, 4) is 0 Å². The van der Waals surface area contributed by atoms with Crippen molar-refractivity contribution in [1.82, 2.24) is 5.32 Å². The van der Waals surface area contributed by atoms with Crippen LogP contribution in [0.25, 0.3) is 0 Å². The third kappa shape index (κ3) is 5.47.